The van der Waals surface area contributed by atoms with E-state index in [9.17, 15) is 5.11 Å². The number of aliphatic hydroxyl groups is 1. The highest BCUT2D eigenvalue weighted by atomic mass is 16.5. The largest absolute Gasteiger partial charge is 0.385 e. The summed E-state index contributed by atoms with van der Waals surface area (Å²) in [6.07, 6.45) is 1.52. The van der Waals surface area contributed by atoms with E-state index in [1.165, 1.54) is 0 Å². The Hall–Kier alpha value is -0.380. The van der Waals surface area contributed by atoms with Crippen LogP contribution in [-0.4, -0.2) is 48.0 Å². The van der Waals surface area contributed by atoms with Gasteiger partial charge in [-0.2, -0.15) is 0 Å². The molecular formula is C11H19NO2. The minimum Gasteiger partial charge on any atom is -0.385 e. The molecule has 2 saturated heterocycles. The molecule has 3 heteroatoms. The number of hydrogen-bond acceptors (Lipinski definition) is 3. The Bertz CT molecular complexity index is 238. The first kappa shape index (κ1) is 10.1. The zero-order valence-electron chi connectivity index (χ0n) is 8.99. The van der Waals surface area contributed by atoms with E-state index in [4.69, 9.17) is 4.74 Å². The van der Waals surface area contributed by atoms with Gasteiger partial charge in [0.05, 0.1) is 18.8 Å². The molecule has 0 aromatic rings. The van der Waals surface area contributed by atoms with E-state index in [1.54, 1.807) is 0 Å². The Labute approximate surface area is 85.4 Å². The zero-order chi connectivity index (χ0) is 10.3. The molecule has 14 heavy (non-hydrogen) atoms. The fourth-order valence-corrected chi connectivity index (χ4v) is 2.49. The normalized spacial score (nSPS) is 43.6. The highest BCUT2D eigenvalue weighted by molar-refractivity contribution is 5.15. The topological polar surface area (TPSA) is 32.7 Å². The minimum atomic E-state index is -0.661. The maximum absolute atomic E-state index is 10.4. The van der Waals surface area contributed by atoms with E-state index in [-0.39, 0.29) is 0 Å². The second kappa shape index (κ2) is 3.33. The van der Waals surface area contributed by atoms with Crippen molar-refractivity contribution in [3.63, 3.8) is 0 Å². The van der Waals surface area contributed by atoms with Crippen molar-refractivity contribution in [3.8, 4) is 0 Å². The monoisotopic (exact) mass is 197 g/mol. The van der Waals surface area contributed by atoms with Gasteiger partial charge in [0.1, 0.15) is 0 Å². The molecule has 0 amide bonds. The number of likely N-dealkylation sites (N-methyl/N-ethyl adjacent to an activating group) is 1. The molecule has 2 rings (SSSR count). The van der Waals surface area contributed by atoms with Crippen molar-refractivity contribution in [2.45, 2.75) is 37.5 Å². The van der Waals surface area contributed by atoms with E-state index >= 15 is 0 Å². The summed E-state index contributed by atoms with van der Waals surface area (Å²) in [5.74, 6) is 0. The molecular weight excluding hydrogens is 178 g/mol. The zero-order valence-corrected chi connectivity index (χ0v) is 8.99. The summed E-state index contributed by atoms with van der Waals surface area (Å²) in [4.78, 5) is 2.33. The number of rotatable bonds is 1. The maximum Gasteiger partial charge on any atom is 0.0883 e. The van der Waals surface area contributed by atoms with Gasteiger partial charge in [0.25, 0.3) is 0 Å². The molecule has 2 aliphatic rings. The molecule has 0 aromatic carbocycles. The third-order valence-corrected chi connectivity index (χ3v) is 3.71. The summed E-state index contributed by atoms with van der Waals surface area (Å²) in [6, 6.07) is 0.702. The summed E-state index contributed by atoms with van der Waals surface area (Å²) in [6.45, 7) is 7.29. The average molecular weight is 197 g/mol. The molecule has 2 fully saturated rings. The first-order chi connectivity index (χ1) is 6.53. The smallest absolute Gasteiger partial charge is 0.0883 e. The second-order valence-corrected chi connectivity index (χ2v) is 4.73. The van der Waals surface area contributed by atoms with Crippen LogP contribution < -0.4 is 0 Å². The van der Waals surface area contributed by atoms with Crippen molar-refractivity contribution in [1.29, 1.82) is 0 Å². The van der Waals surface area contributed by atoms with Crippen molar-refractivity contribution in [2.24, 2.45) is 0 Å². The molecule has 2 heterocycles. The summed E-state index contributed by atoms with van der Waals surface area (Å²) >= 11 is 0. The van der Waals surface area contributed by atoms with Crippen LogP contribution in [0.1, 0.15) is 19.8 Å². The van der Waals surface area contributed by atoms with E-state index in [0.717, 1.165) is 31.6 Å². The number of piperidine rings is 1. The summed E-state index contributed by atoms with van der Waals surface area (Å²) in [5, 5.41) is 10.4. The highest BCUT2D eigenvalue weighted by Gasteiger charge is 2.44. The maximum atomic E-state index is 10.4. The molecule has 1 N–H and O–H groups in total. The van der Waals surface area contributed by atoms with Gasteiger partial charge >= 0.3 is 0 Å². The lowest BCUT2D eigenvalue weighted by Gasteiger charge is -2.50. The van der Waals surface area contributed by atoms with Crippen molar-refractivity contribution in [1.82, 2.24) is 4.90 Å². The van der Waals surface area contributed by atoms with Crippen LogP contribution in [0.3, 0.4) is 0 Å². The predicted octanol–water partition coefficient (Wildman–Crippen LogP) is 0.787. The average Bonchev–Trinajstić information content (AvgIpc) is 2.07. The quantitative estimate of drug-likeness (QED) is 0.631. The molecule has 80 valence electrons. The fourth-order valence-electron chi connectivity index (χ4n) is 2.49. The number of morpholine rings is 1. The molecule has 0 saturated carbocycles. The number of nitrogens with zero attached hydrogens (tertiary/aromatic N) is 1. The van der Waals surface area contributed by atoms with Crippen molar-refractivity contribution >= 4 is 0 Å². The Balaban J connectivity index is 2.18. The first-order valence-corrected chi connectivity index (χ1v) is 5.21. The SMILES string of the molecule is C=C(C)C1(O)CC2COCC(C1)N2C. The minimum absolute atomic E-state index is 0.351. The van der Waals surface area contributed by atoms with Crippen molar-refractivity contribution in [3.05, 3.63) is 12.2 Å². The van der Waals surface area contributed by atoms with Gasteiger partial charge in [-0.25, -0.2) is 0 Å². The van der Waals surface area contributed by atoms with Crippen molar-refractivity contribution < 1.29 is 9.84 Å². The summed E-state index contributed by atoms with van der Waals surface area (Å²) < 4.78 is 5.50. The lowest BCUT2D eigenvalue weighted by Crippen LogP contribution is -2.60. The second-order valence-electron chi connectivity index (χ2n) is 4.73. The lowest BCUT2D eigenvalue weighted by atomic mass is 9.78. The van der Waals surface area contributed by atoms with Crippen LogP contribution in [0.2, 0.25) is 0 Å². The van der Waals surface area contributed by atoms with Crippen molar-refractivity contribution in [2.75, 3.05) is 20.3 Å². The van der Waals surface area contributed by atoms with E-state index in [0.29, 0.717) is 12.1 Å². The Morgan fingerprint density at radius 2 is 1.93 bits per heavy atom. The van der Waals surface area contributed by atoms with Crippen LogP contribution in [0.15, 0.2) is 12.2 Å². The highest BCUT2D eigenvalue weighted by Crippen LogP contribution is 2.36. The lowest BCUT2D eigenvalue weighted by molar-refractivity contribution is -0.120. The third-order valence-electron chi connectivity index (χ3n) is 3.71. The molecule has 3 nitrogen and oxygen atoms in total. The van der Waals surface area contributed by atoms with E-state index in [2.05, 4.69) is 18.5 Å². The van der Waals surface area contributed by atoms with Gasteiger partial charge in [0, 0.05) is 12.1 Å². The van der Waals surface area contributed by atoms with Crippen LogP contribution in [0.5, 0.6) is 0 Å². The van der Waals surface area contributed by atoms with Crippen LogP contribution >= 0.6 is 0 Å². The predicted molar refractivity (Wildman–Crippen MR) is 55.2 cm³/mol. The molecule has 0 radical (unpaired) electrons. The molecule has 0 spiro atoms. The molecule has 2 unspecified atom stereocenters. The summed E-state index contributed by atoms with van der Waals surface area (Å²) in [5.41, 5.74) is 0.230. The van der Waals surface area contributed by atoms with Gasteiger partial charge in [0.2, 0.25) is 0 Å². The van der Waals surface area contributed by atoms with Gasteiger partial charge in [0.15, 0.2) is 0 Å². The number of hydrogen-bond donors (Lipinski definition) is 1. The van der Waals surface area contributed by atoms with Gasteiger partial charge in [-0.15, -0.1) is 0 Å². The Morgan fingerprint density at radius 3 is 2.36 bits per heavy atom. The number of ether oxygens (including phenoxy) is 1. The summed E-state index contributed by atoms with van der Waals surface area (Å²) in [7, 11) is 2.12. The molecule has 2 bridgehead atoms. The van der Waals surface area contributed by atoms with Gasteiger partial charge in [-0.05, 0) is 32.4 Å². The van der Waals surface area contributed by atoms with Gasteiger partial charge in [-0.1, -0.05) is 6.58 Å². The van der Waals surface area contributed by atoms with Crippen LogP contribution in [0, 0.1) is 0 Å². The standard InChI is InChI=1S/C11H19NO2/c1-8(2)11(13)4-9-6-14-7-10(5-11)12(9)3/h9-10,13H,1,4-7H2,2-3H3. The van der Waals surface area contributed by atoms with Crippen LogP contribution in [-0.2, 0) is 4.74 Å². The number of fused-ring (bicyclic) bond motifs is 2. The Morgan fingerprint density at radius 1 is 1.43 bits per heavy atom. The third kappa shape index (κ3) is 1.49. The molecule has 2 aliphatic heterocycles. The van der Waals surface area contributed by atoms with Gasteiger partial charge < -0.3 is 9.84 Å². The van der Waals surface area contributed by atoms with E-state index < -0.39 is 5.60 Å². The molecule has 0 aromatic heterocycles. The van der Waals surface area contributed by atoms with Gasteiger partial charge in [-0.3, -0.25) is 4.90 Å². The Kier molecular flexibility index (Phi) is 2.41. The first-order valence-electron chi connectivity index (χ1n) is 5.21. The molecule has 0 aliphatic carbocycles. The van der Waals surface area contributed by atoms with Crippen LogP contribution in [0.25, 0.3) is 0 Å². The van der Waals surface area contributed by atoms with E-state index in [1.807, 2.05) is 6.92 Å². The molecule has 2 atom stereocenters. The fraction of sp³-hybridized carbons (Fsp3) is 0.818. The van der Waals surface area contributed by atoms with Crippen LogP contribution in [0.4, 0.5) is 0 Å².